The summed E-state index contributed by atoms with van der Waals surface area (Å²) in [5, 5.41) is 3.34. The summed E-state index contributed by atoms with van der Waals surface area (Å²) in [4.78, 5) is 16.7. The van der Waals surface area contributed by atoms with Gasteiger partial charge in [0.2, 0.25) is 5.91 Å². The highest BCUT2D eigenvalue weighted by Crippen LogP contribution is 2.43. The summed E-state index contributed by atoms with van der Waals surface area (Å²) in [6.45, 7) is 5.81. The van der Waals surface area contributed by atoms with Crippen LogP contribution in [0.3, 0.4) is 0 Å². The number of nitrogens with one attached hydrogen (secondary N) is 1. The molecular formula is C14H20N2OS. The van der Waals surface area contributed by atoms with Crippen molar-refractivity contribution in [2.75, 3.05) is 13.1 Å². The first-order valence-corrected chi connectivity index (χ1v) is 7.48. The van der Waals surface area contributed by atoms with E-state index in [1.807, 2.05) is 4.90 Å². The summed E-state index contributed by atoms with van der Waals surface area (Å²) in [6.07, 6.45) is 3.93. The molecule has 0 bridgehead atoms. The average Bonchev–Trinajstić information content (AvgIpc) is 2.85. The fourth-order valence-electron chi connectivity index (χ4n) is 2.92. The Hall–Kier alpha value is -0.870. The lowest BCUT2D eigenvalue weighted by atomic mass is 9.70. The first kappa shape index (κ1) is 12.2. The molecule has 2 aliphatic rings. The van der Waals surface area contributed by atoms with Gasteiger partial charge >= 0.3 is 0 Å². The standard InChI is InChI=1S/C14H20N2OS/c1-10-4-5-11(18-10)13-15-8-12(17)16(13)9-14(2)6-3-7-14/h4-5,13,15H,3,6-9H2,1-2H3. The Labute approximate surface area is 112 Å². The zero-order valence-electron chi connectivity index (χ0n) is 11.0. The highest BCUT2D eigenvalue weighted by atomic mass is 32.1. The summed E-state index contributed by atoms with van der Waals surface area (Å²) in [5.74, 6) is 0.249. The molecule has 0 radical (unpaired) electrons. The van der Waals surface area contributed by atoms with Crippen molar-refractivity contribution in [3.63, 3.8) is 0 Å². The molecule has 1 saturated carbocycles. The van der Waals surface area contributed by atoms with Gasteiger partial charge in [-0.05, 0) is 37.3 Å². The van der Waals surface area contributed by atoms with E-state index in [-0.39, 0.29) is 12.1 Å². The van der Waals surface area contributed by atoms with Crippen molar-refractivity contribution in [2.45, 2.75) is 39.3 Å². The largest absolute Gasteiger partial charge is 0.320 e. The van der Waals surface area contributed by atoms with Crippen LogP contribution < -0.4 is 5.32 Å². The van der Waals surface area contributed by atoms with Crippen LogP contribution in [0.1, 0.15) is 42.1 Å². The first-order chi connectivity index (χ1) is 8.57. The molecular weight excluding hydrogens is 244 g/mol. The van der Waals surface area contributed by atoms with Crippen LogP contribution in [0.4, 0.5) is 0 Å². The zero-order valence-corrected chi connectivity index (χ0v) is 11.8. The van der Waals surface area contributed by atoms with E-state index in [0.29, 0.717) is 12.0 Å². The van der Waals surface area contributed by atoms with E-state index in [1.54, 1.807) is 11.3 Å². The lowest BCUT2D eigenvalue weighted by Crippen LogP contribution is -2.42. The second-order valence-electron chi connectivity index (χ2n) is 5.92. The van der Waals surface area contributed by atoms with Gasteiger partial charge in [0.25, 0.3) is 0 Å². The molecule has 1 aliphatic carbocycles. The highest BCUT2D eigenvalue weighted by molar-refractivity contribution is 7.12. The molecule has 0 aromatic carbocycles. The Balaban J connectivity index is 1.79. The minimum atomic E-state index is 0.105. The number of thiophene rings is 1. The average molecular weight is 264 g/mol. The number of nitrogens with zero attached hydrogens (tertiary/aromatic N) is 1. The van der Waals surface area contributed by atoms with Crippen LogP contribution in [0.15, 0.2) is 12.1 Å². The van der Waals surface area contributed by atoms with Gasteiger partial charge in [0.15, 0.2) is 0 Å². The summed E-state index contributed by atoms with van der Waals surface area (Å²) in [6, 6.07) is 4.28. The monoisotopic (exact) mass is 264 g/mol. The third kappa shape index (κ3) is 2.08. The maximum Gasteiger partial charge on any atom is 0.238 e. The third-order valence-corrected chi connectivity index (χ3v) is 5.28. The predicted octanol–water partition coefficient (Wildman–Crippen LogP) is 2.68. The Morgan fingerprint density at radius 2 is 2.28 bits per heavy atom. The number of carbonyl (C=O) groups excluding carboxylic acids is 1. The van der Waals surface area contributed by atoms with Gasteiger partial charge in [-0.2, -0.15) is 0 Å². The first-order valence-electron chi connectivity index (χ1n) is 6.67. The van der Waals surface area contributed by atoms with Crippen LogP contribution in [0.25, 0.3) is 0 Å². The second kappa shape index (κ2) is 4.35. The van der Waals surface area contributed by atoms with Crippen molar-refractivity contribution in [3.8, 4) is 0 Å². The van der Waals surface area contributed by atoms with E-state index < -0.39 is 0 Å². The van der Waals surface area contributed by atoms with Gasteiger partial charge in [-0.1, -0.05) is 13.3 Å². The van der Waals surface area contributed by atoms with Crippen LogP contribution in [-0.2, 0) is 4.79 Å². The Bertz CT molecular complexity index is 464. The molecule has 3 nitrogen and oxygen atoms in total. The van der Waals surface area contributed by atoms with Gasteiger partial charge in [-0.15, -0.1) is 11.3 Å². The van der Waals surface area contributed by atoms with Gasteiger partial charge in [-0.25, -0.2) is 0 Å². The topological polar surface area (TPSA) is 32.3 Å². The van der Waals surface area contributed by atoms with Crippen molar-refractivity contribution < 1.29 is 4.79 Å². The molecule has 1 saturated heterocycles. The summed E-state index contributed by atoms with van der Waals surface area (Å²) >= 11 is 1.79. The number of hydrogen-bond acceptors (Lipinski definition) is 3. The van der Waals surface area contributed by atoms with Crippen LogP contribution >= 0.6 is 11.3 Å². The van der Waals surface area contributed by atoms with Gasteiger partial charge in [0, 0.05) is 16.3 Å². The lowest BCUT2D eigenvalue weighted by Gasteiger charge is -2.42. The molecule has 1 atom stereocenters. The Kier molecular flexibility index (Phi) is 2.94. The van der Waals surface area contributed by atoms with Crippen molar-refractivity contribution >= 4 is 17.2 Å². The second-order valence-corrected chi connectivity index (χ2v) is 7.24. The maximum absolute atomic E-state index is 12.1. The zero-order chi connectivity index (χ0) is 12.8. The summed E-state index contributed by atoms with van der Waals surface area (Å²) < 4.78 is 0. The van der Waals surface area contributed by atoms with E-state index in [9.17, 15) is 4.79 Å². The number of carbonyl (C=O) groups is 1. The highest BCUT2D eigenvalue weighted by Gasteiger charge is 2.40. The maximum atomic E-state index is 12.1. The number of amides is 1. The lowest BCUT2D eigenvalue weighted by molar-refractivity contribution is -0.130. The van der Waals surface area contributed by atoms with Crippen molar-refractivity contribution in [1.82, 2.24) is 10.2 Å². The molecule has 4 heteroatoms. The fourth-order valence-corrected chi connectivity index (χ4v) is 3.89. The molecule has 0 spiro atoms. The molecule has 1 N–H and O–H groups in total. The number of hydrogen-bond donors (Lipinski definition) is 1. The molecule has 18 heavy (non-hydrogen) atoms. The van der Waals surface area contributed by atoms with Gasteiger partial charge in [0.05, 0.1) is 6.54 Å². The van der Waals surface area contributed by atoms with E-state index >= 15 is 0 Å². The molecule has 98 valence electrons. The smallest absolute Gasteiger partial charge is 0.238 e. The predicted molar refractivity (Wildman–Crippen MR) is 73.5 cm³/mol. The van der Waals surface area contributed by atoms with Crippen LogP contribution in [0, 0.1) is 12.3 Å². The number of aryl methyl sites for hydroxylation is 1. The van der Waals surface area contributed by atoms with Crippen LogP contribution in [0.2, 0.25) is 0 Å². The summed E-state index contributed by atoms with van der Waals surface area (Å²) in [5.41, 5.74) is 0.353. The SMILES string of the molecule is Cc1ccc(C2NCC(=O)N2CC2(C)CCC2)s1. The van der Waals surface area contributed by atoms with Gasteiger partial charge in [0.1, 0.15) is 6.17 Å². The number of rotatable bonds is 3. The van der Waals surface area contributed by atoms with E-state index in [1.165, 1.54) is 29.0 Å². The van der Waals surface area contributed by atoms with Crippen LogP contribution in [-0.4, -0.2) is 23.9 Å². The third-order valence-electron chi connectivity index (χ3n) is 4.22. The Morgan fingerprint density at radius 1 is 1.50 bits per heavy atom. The van der Waals surface area contributed by atoms with Crippen LogP contribution in [0.5, 0.6) is 0 Å². The molecule has 1 aliphatic heterocycles. The van der Waals surface area contributed by atoms with E-state index in [4.69, 9.17) is 0 Å². The van der Waals surface area contributed by atoms with Gasteiger partial charge < -0.3 is 4.90 Å². The van der Waals surface area contributed by atoms with E-state index in [0.717, 1.165) is 6.54 Å². The molecule has 2 heterocycles. The quantitative estimate of drug-likeness (QED) is 0.910. The van der Waals surface area contributed by atoms with Crippen molar-refractivity contribution in [2.24, 2.45) is 5.41 Å². The summed E-state index contributed by atoms with van der Waals surface area (Å²) in [7, 11) is 0. The van der Waals surface area contributed by atoms with Gasteiger partial charge in [-0.3, -0.25) is 10.1 Å². The van der Waals surface area contributed by atoms with E-state index in [2.05, 4.69) is 31.3 Å². The molecule has 1 unspecified atom stereocenters. The normalized spacial score (nSPS) is 26.4. The molecule has 3 rings (SSSR count). The minimum absolute atomic E-state index is 0.105. The minimum Gasteiger partial charge on any atom is -0.320 e. The van der Waals surface area contributed by atoms with Crippen molar-refractivity contribution in [1.29, 1.82) is 0 Å². The molecule has 1 aromatic heterocycles. The molecule has 2 fully saturated rings. The Morgan fingerprint density at radius 3 is 2.83 bits per heavy atom. The fraction of sp³-hybridized carbons (Fsp3) is 0.643. The molecule has 1 amide bonds. The molecule has 1 aromatic rings. The van der Waals surface area contributed by atoms with Crippen molar-refractivity contribution in [3.05, 3.63) is 21.9 Å².